The zero-order valence-corrected chi connectivity index (χ0v) is 22.9. The maximum atomic E-state index is 13.0. The Hall–Kier alpha value is -2.63. The van der Waals surface area contributed by atoms with Crippen LogP contribution in [0.3, 0.4) is 0 Å². The lowest BCUT2D eigenvalue weighted by Crippen LogP contribution is -2.54. The number of hydrogen-bond acceptors (Lipinski definition) is 5. The minimum atomic E-state index is -0.285. The van der Waals surface area contributed by atoms with Crippen LogP contribution in [-0.4, -0.2) is 37.1 Å². The number of hydrogen-bond donors (Lipinski definition) is 1. The van der Waals surface area contributed by atoms with Crippen LogP contribution in [0.1, 0.15) is 83.0 Å². The van der Waals surface area contributed by atoms with E-state index in [9.17, 15) is 14.4 Å². The fourth-order valence-electron chi connectivity index (χ4n) is 7.89. The lowest BCUT2D eigenvalue weighted by Gasteiger charge is -2.56. The third-order valence-electron chi connectivity index (χ3n) is 10.1. The van der Waals surface area contributed by atoms with Crippen LogP contribution in [-0.2, 0) is 19.1 Å². The number of carbonyl (C=O) groups is 3. The molecule has 1 aromatic carbocycles. The summed E-state index contributed by atoms with van der Waals surface area (Å²) in [6, 6.07) is 9.39. The van der Waals surface area contributed by atoms with Gasteiger partial charge in [0.15, 0.2) is 0 Å². The Morgan fingerprint density at radius 3 is 2.41 bits per heavy atom. The molecule has 3 fully saturated rings. The summed E-state index contributed by atoms with van der Waals surface area (Å²) in [7, 11) is 0. The Bertz CT molecular complexity index is 1020. The van der Waals surface area contributed by atoms with Crippen LogP contribution in [0.15, 0.2) is 42.5 Å². The zero-order chi connectivity index (χ0) is 26.8. The molecule has 0 saturated heterocycles. The fraction of sp³-hybridized carbons (Fsp3) is 0.645. The topological polar surface area (TPSA) is 81.7 Å². The third kappa shape index (κ3) is 5.63. The van der Waals surface area contributed by atoms with Gasteiger partial charge in [0, 0.05) is 31.9 Å². The number of allylic oxidation sites excluding steroid dienone is 1. The molecule has 7 atom stereocenters. The molecule has 0 heterocycles. The van der Waals surface area contributed by atoms with Gasteiger partial charge in [0.1, 0.15) is 6.10 Å². The SMILES string of the molecule is C=C1CCC2[C@H](CNC(=O)c3ccccc3)C([C@@]3(C)CC[C@H](OC(C)=O)C[C@@H]3COC(C)=O)CC[C@]12C. The van der Waals surface area contributed by atoms with E-state index in [-0.39, 0.29) is 40.7 Å². The molecule has 0 bridgehead atoms. The van der Waals surface area contributed by atoms with Crippen molar-refractivity contribution in [2.45, 2.75) is 78.7 Å². The number of carbonyl (C=O) groups excluding carboxylic acids is 3. The van der Waals surface area contributed by atoms with Crippen molar-refractivity contribution in [2.75, 3.05) is 13.2 Å². The van der Waals surface area contributed by atoms with E-state index in [0.717, 1.165) is 38.5 Å². The smallest absolute Gasteiger partial charge is 0.302 e. The van der Waals surface area contributed by atoms with Gasteiger partial charge in [0.25, 0.3) is 5.91 Å². The second-order valence-electron chi connectivity index (χ2n) is 12.1. The summed E-state index contributed by atoms with van der Waals surface area (Å²) in [6.45, 7) is 13.0. The number of esters is 2. The molecule has 37 heavy (non-hydrogen) atoms. The van der Waals surface area contributed by atoms with Gasteiger partial charge in [-0.25, -0.2) is 0 Å². The third-order valence-corrected chi connectivity index (χ3v) is 10.1. The Balaban J connectivity index is 1.61. The van der Waals surface area contributed by atoms with Gasteiger partial charge in [0.05, 0.1) is 6.61 Å². The van der Waals surface area contributed by atoms with Gasteiger partial charge in [-0.3, -0.25) is 14.4 Å². The molecular formula is C31H43NO5. The van der Waals surface area contributed by atoms with Gasteiger partial charge < -0.3 is 14.8 Å². The van der Waals surface area contributed by atoms with Crippen molar-refractivity contribution in [2.24, 2.45) is 34.5 Å². The minimum absolute atomic E-state index is 0.0383. The van der Waals surface area contributed by atoms with Crippen molar-refractivity contribution in [3.8, 4) is 0 Å². The molecule has 4 rings (SSSR count). The average molecular weight is 510 g/mol. The van der Waals surface area contributed by atoms with Crippen molar-refractivity contribution >= 4 is 17.8 Å². The van der Waals surface area contributed by atoms with Crippen LogP contribution < -0.4 is 5.32 Å². The minimum Gasteiger partial charge on any atom is -0.466 e. The summed E-state index contributed by atoms with van der Waals surface area (Å²) in [5.41, 5.74) is 2.01. The van der Waals surface area contributed by atoms with Crippen LogP contribution in [0.5, 0.6) is 0 Å². The van der Waals surface area contributed by atoms with Gasteiger partial charge in [-0.1, -0.05) is 44.2 Å². The lowest BCUT2D eigenvalue weighted by atomic mass is 9.49. The highest BCUT2D eigenvalue weighted by Crippen LogP contribution is 2.63. The number of amides is 1. The van der Waals surface area contributed by atoms with Gasteiger partial charge in [-0.15, -0.1) is 0 Å². The van der Waals surface area contributed by atoms with E-state index < -0.39 is 0 Å². The molecule has 3 aliphatic carbocycles. The van der Waals surface area contributed by atoms with E-state index in [4.69, 9.17) is 9.47 Å². The molecule has 1 amide bonds. The summed E-state index contributed by atoms with van der Waals surface area (Å²) in [5.74, 6) is 0.593. The van der Waals surface area contributed by atoms with Crippen LogP contribution in [0.25, 0.3) is 0 Å². The van der Waals surface area contributed by atoms with E-state index in [0.29, 0.717) is 42.9 Å². The summed E-state index contributed by atoms with van der Waals surface area (Å²) >= 11 is 0. The Labute approximate surface area is 221 Å². The zero-order valence-electron chi connectivity index (χ0n) is 22.9. The molecule has 3 aliphatic rings. The fourth-order valence-corrected chi connectivity index (χ4v) is 7.89. The normalized spacial score (nSPS) is 35.4. The first-order valence-corrected chi connectivity index (χ1v) is 13.9. The van der Waals surface area contributed by atoms with E-state index in [1.165, 1.54) is 19.4 Å². The second kappa shape index (κ2) is 11.0. The van der Waals surface area contributed by atoms with Crippen molar-refractivity contribution in [3.63, 3.8) is 0 Å². The van der Waals surface area contributed by atoms with Gasteiger partial charge in [0.2, 0.25) is 0 Å². The van der Waals surface area contributed by atoms with Crippen LogP contribution in [0.2, 0.25) is 0 Å². The monoisotopic (exact) mass is 509 g/mol. The largest absolute Gasteiger partial charge is 0.466 e. The maximum absolute atomic E-state index is 13.0. The molecule has 202 valence electrons. The number of benzene rings is 1. The maximum Gasteiger partial charge on any atom is 0.302 e. The molecule has 0 aromatic heterocycles. The molecule has 3 saturated carbocycles. The Morgan fingerprint density at radius 1 is 1.00 bits per heavy atom. The molecular weight excluding hydrogens is 466 g/mol. The highest BCUT2D eigenvalue weighted by atomic mass is 16.5. The number of fused-ring (bicyclic) bond motifs is 1. The van der Waals surface area contributed by atoms with Crippen LogP contribution in [0.4, 0.5) is 0 Å². The molecule has 1 N–H and O–H groups in total. The summed E-state index contributed by atoms with van der Waals surface area (Å²) in [5, 5.41) is 3.28. The van der Waals surface area contributed by atoms with Crippen LogP contribution in [0, 0.1) is 34.5 Å². The second-order valence-corrected chi connectivity index (χ2v) is 12.1. The number of nitrogens with one attached hydrogen (secondary N) is 1. The first kappa shape index (κ1) is 27.4. The highest BCUT2D eigenvalue weighted by molar-refractivity contribution is 5.94. The standard InChI is InChI=1S/C31H43NO5/c1-20-11-12-27-26(18-32-29(35)23-9-7-6-8-10-23)28(14-16-30(20,27)4)31(5)15-13-25(37-22(3)34)17-24(31)19-36-21(2)33/h6-10,24-28H,1,11-19H2,2-5H3,(H,32,35)/t24-,25+,26+,27?,28?,30-,31+/m1/s1. The van der Waals surface area contributed by atoms with Crippen LogP contribution >= 0.6 is 0 Å². The number of ether oxygens (including phenoxy) is 2. The van der Waals surface area contributed by atoms with Crippen molar-refractivity contribution in [1.29, 1.82) is 0 Å². The van der Waals surface area contributed by atoms with E-state index in [1.807, 2.05) is 30.3 Å². The van der Waals surface area contributed by atoms with Gasteiger partial charge >= 0.3 is 11.9 Å². The summed E-state index contributed by atoms with van der Waals surface area (Å²) < 4.78 is 11.2. The summed E-state index contributed by atoms with van der Waals surface area (Å²) in [6.07, 6.45) is 6.52. The highest BCUT2D eigenvalue weighted by Gasteiger charge is 2.57. The molecule has 0 radical (unpaired) electrons. The van der Waals surface area contributed by atoms with E-state index >= 15 is 0 Å². The lowest BCUT2D eigenvalue weighted by molar-refractivity contribution is -0.161. The van der Waals surface area contributed by atoms with Crippen molar-refractivity contribution < 1.29 is 23.9 Å². The molecule has 0 aliphatic heterocycles. The molecule has 2 unspecified atom stereocenters. The Morgan fingerprint density at radius 2 is 1.73 bits per heavy atom. The van der Waals surface area contributed by atoms with E-state index in [2.05, 4.69) is 25.7 Å². The van der Waals surface area contributed by atoms with Gasteiger partial charge in [-0.2, -0.15) is 0 Å². The summed E-state index contributed by atoms with van der Waals surface area (Å²) in [4.78, 5) is 36.5. The van der Waals surface area contributed by atoms with Crippen molar-refractivity contribution in [3.05, 3.63) is 48.0 Å². The number of rotatable bonds is 7. The molecule has 6 heteroatoms. The predicted molar refractivity (Wildman–Crippen MR) is 143 cm³/mol. The predicted octanol–water partition coefficient (Wildman–Crippen LogP) is 5.72. The molecule has 0 spiro atoms. The first-order valence-electron chi connectivity index (χ1n) is 13.9. The Kier molecular flexibility index (Phi) is 8.15. The quantitative estimate of drug-likeness (QED) is 0.376. The molecule has 1 aromatic rings. The average Bonchev–Trinajstić information content (AvgIpc) is 3.17. The van der Waals surface area contributed by atoms with Crippen molar-refractivity contribution in [1.82, 2.24) is 5.32 Å². The van der Waals surface area contributed by atoms with Gasteiger partial charge in [-0.05, 0) is 85.7 Å². The first-order chi connectivity index (χ1) is 17.5. The molecule has 6 nitrogen and oxygen atoms in total. The van der Waals surface area contributed by atoms with E-state index in [1.54, 1.807) is 0 Å².